The van der Waals surface area contributed by atoms with E-state index < -0.39 is 15.4 Å². The van der Waals surface area contributed by atoms with Crippen LogP contribution in [0, 0.1) is 5.92 Å². The van der Waals surface area contributed by atoms with Gasteiger partial charge in [-0.05, 0) is 24.8 Å². The number of nitrogens with zero attached hydrogens (tertiary/aromatic N) is 5. The molecule has 1 saturated heterocycles. The lowest BCUT2D eigenvalue weighted by Crippen LogP contribution is -2.35. The molecular weight excluding hydrogens is 378 g/mol. The van der Waals surface area contributed by atoms with Gasteiger partial charge < -0.3 is 4.52 Å². The van der Waals surface area contributed by atoms with Crippen molar-refractivity contribution in [3.05, 3.63) is 48.5 Å². The summed E-state index contributed by atoms with van der Waals surface area (Å²) in [5, 5.41) is 8.38. The summed E-state index contributed by atoms with van der Waals surface area (Å²) >= 11 is 0. The Labute approximate surface area is 163 Å². The molecule has 0 amide bonds. The molecule has 5 rings (SSSR count). The monoisotopic (exact) mass is 399 g/mol. The van der Waals surface area contributed by atoms with Crippen molar-refractivity contribution >= 4 is 10.0 Å². The molecule has 28 heavy (non-hydrogen) atoms. The Bertz CT molecular complexity index is 1110. The van der Waals surface area contributed by atoms with Crippen molar-refractivity contribution in [2.45, 2.75) is 29.7 Å². The second kappa shape index (κ2) is 6.25. The summed E-state index contributed by atoms with van der Waals surface area (Å²) in [5.41, 5.74) is 0.479. The lowest BCUT2D eigenvalue weighted by atomic mass is 9.80. The Balaban J connectivity index is 1.50. The predicted octanol–water partition coefficient (Wildman–Crippen LogP) is 2.21. The molecule has 0 spiro atoms. The summed E-state index contributed by atoms with van der Waals surface area (Å²) < 4.78 is 34.9. The number of rotatable bonds is 4. The van der Waals surface area contributed by atoms with E-state index >= 15 is 0 Å². The first-order valence-corrected chi connectivity index (χ1v) is 10.8. The maximum atomic E-state index is 13.1. The number of benzene rings is 1. The van der Waals surface area contributed by atoms with Crippen molar-refractivity contribution in [3.8, 4) is 11.4 Å². The van der Waals surface area contributed by atoms with Gasteiger partial charge in [0.15, 0.2) is 5.03 Å². The van der Waals surface area contributed by atoms with Gasteiger partial charge in [-0.15, -0.1) is 0 Å². The van der Waals surface area contributed by atoms with Crippen LogP contribution in [0.15, 0.2) is 52.1 Å². The highest BCUT2D eigenvalue weighted by Crippen LogP contribution is 2.51. The lowest BCUT2D eigenvalue weighted by molar-refractivity contribution is 0.261. The molecule has 2 atom stereocenters. The van der Waals surface area contributed by atoms with Gasteiger partial charge in [-0.3, -0.25) is 4.68 Å². The summed E-state index contributed by atoms with van der Waals surface area (Å²) in [7, 11) is -1.97. The van der Waals surface area contributed by atoms with Crippen LogP contribution in [0.4, 0.5) is 0 Å². The predicted molar refractivity (Wildman–Crippen MR) is 101 cm³/mol. The minimum absolute atomic E-state index is 0.180. The SMILES string of the molecule is Cn1nccc1S(=O)(=O)N1C[C@H]2CCC[C@@]2(c2nc(-c3ccccc3)no2)C1. The summed E-state index contributed by atoms with van der Waals surface area (Å²) in [6.45, 7) is 0.832. The Hall–Kier alpha value is -2.52. The molecule has 1 aliphatic carbocycles. The third-order valence-corrected chi connectivity index (χ3v) is 7.99. The fourth-order valence-corrected chi connectivity index (χ4v) is 6.31. The van der Waals surface area contributed by atoms with Gasteiger partial charge in [0.25, 0.3) is 10.0 Å². The summed E-state index contributed by atoms with van der Waals surface area (Å²) in [4.78, 5) is 4.68. The highest BCUT2D eigenvalue weighted by atomic mass is 32.2. The van der Waals surface area contributed by atoms with E-state index in [1.165, 1.54) is 16.9 Å². The number of hydrogen-bond acceptors (Lipinski definition) is 6. The molecule has 9 heteroatoms. The molecular formula is C19H21N5O3S. The second-order valence-corrected chi connectivity index (χ2v) is 9.51. The highest BCUT2D eigenvalue weighted by Gasteiger charge is 2.57. The van der Waals surface area contributed by atoms with Gasteiger partial charge in [0.05, 0.1) is 11.6 Å². The fraction of sp³-hybridized carbons (Fsp3) is 0.421. The van der Waals surface area contributed by atoms with Gasteiger partial charge in [0.2, 0.25) is 11.7 Å². The zero-order valence-corrected chi connectivity index (χ0v) is 16.3. The summed E-state index contributed by atoms with van der Waals surface area (Å²) in [6, 6.07) is 11.2. The molecule has 1 aliphatic heterocycles. The Morgan fingerprint density at radius 2 is 2.04 bits per heavy atom. The minimum atomic E-state index is -3.62. The molecule has 2 aliphatic rings. The maximum absolute atomic E-state index is 13.1. The molecule has 2 fully saturated rings. The van der Waals surface area contributed by atoms with Gasteiger partial charge >= 0.3 is 0 Å². The number of aromatic nitrogens is 4. The molecule has 0 bridgehead atoms. The fourth-order valence-electron chi connectivity index (χ4n) is 4.65. The van der Waals surface area contributed by atoms with Crippen molar-refractivity contribution in [1.82, 2.24) is 24.2 Å². The van der Waals surface area contributed by atoms with Crippen molar-refractivity contribution in [2.75, 3.05) is 13.1 Å². The third-order valence-electron chi connectivity index (χ3n) is 6.10. The van der Waals surface area contributed by atoms with E-state index in [2.05, 4.69) is 15.2 Å². The van der Waals surface area contributed by atoms with Gasteiger partial charge in [-0.1, -0.05) is 41.9 Å². The normalized spacial score (nSPS) is 25.2. The standard InChI is InChI=1S/C19H21N5O3S/c1-23-16(9-11-20-23)28(25,26)24-12-15-8-5-10-19(15,13-24)18-21-17(22-27-18)14-6-3-2-4-7-14/h2-4,6-7,9,11,15H,5,8,10,12-13H2,1H3/t15-,19-/m1/s1. The molecule has 8 nitrogen and oxygen atoms in total. The van der Waals surface area contributed by atoms with Crippen LogP contribution < -0.4 is 0 Å². The second-order valence-electron chi connectivity index (χ2n) is 7.63. The zero-order chi connectivity index (χ0) is 19.4. The van der Waals surface area contributed by atoms with Gasteiger partial charge in [0, 0.05) is 25.7 Å². The summed E-state index contributed by atoms with van der Waals surface area (Å²) in [5.74, 6) is 1.28. The third kappa shape index (κ3) is 2.53. The van der Waals surface area contributed by atoms with E-state index in [9.17, 15) is 8.42 Å². The van der Waals surface area contributed by atoms with Crippen LogP contribution in [-0.4, -0.2) is 45.7 Å². The topological polar surface area (TPSA) is 94.1 Å². The molecule has 0 unspecified atom stereocenters. The van der Waals surface area contributed by atoms with Crippen LogP contribution in [0.3, 0.4) is 0 Å². The zero-order valence-electron chi connectivity index (χ0n) is 15.5. The molecule has 0 radical (unpaired) electrons. The van der Waals surface area contributed by atoms with Crippen molar-refractivity contribution < 1.29 is 12.9 Å². The maximum Gasteiger partial charge on any atom is 0.260 e. The highest BCUT2D eigenvalue weighted by molar-refractivity contribution is 7.89. The van der Waals surface area contributed by atoms with Crippen molar-refractivity contribution in [1.29, 1.82) is 0 Å². The molecule has 1 saturated carbocycles. The lowest BCUT2D eigenvalue weighted by Gasteiger charge is -2.24. The first-order valence-electron chi connectivity index (χ1n) is 9.38. The van der Waals surface area contributed by atoms with E-state index in [1.54, 1.807) is 11.4 Å². The first kappa shape index (κ1) is 17.6. The van der Waals surface area contributed by atoms with Gasteiger partial charge in [-0.25, -0.2) is 8.42 Å². The van der Waals surface area contributed by atoms with Crippen LogP contribution in [0.2, 0.25) is 0 Å². The van der Waals surface area contributed by atoms with Crippen molar-refractivity contribution in [2.24, 2.45) is 13.0 Å². The molecule has 146 valence electrons. The Morgan fingerprint density at radius 3 is 2.79 bits per heavy atom. The van der Waals surface area contributed by atoms with E-state index in [0.717, 1.165) is 24.8 Å². The van der Waals surface area contributed by atoms with E-state index in [1.807, 2.05) is 30.3 Å². The molecule has 0 N–H and O–H groups in total. The van der Waals surface area contributed by atoms with E-state index in [4.69, 9.17) is 4.52 Å². The molecule has 1 aromatic carbocycles. The van der Waals surface area contributed by atoms with Crippen molar-refractivity contribution in [3.63, 3.8) is 0 Å². The van der Waals surface area contributed by atoms with Crippen LogP contribution >= 0.6 is 0 Å². The molecule has 3 heterocycles. The van der Waals surface area contributed by atoms with Crippen LogP contribution in [-0.2, 0) is 22.5 Å². The first-order chi connectivity index (χ1) is 13.5. The quantitative estimate of drug-likeness (QED) is 0.668. The van der Waals surface area contributed by atoms with Crippen LogP contribution in [0.1, 0.15) is 25.2 Å². The minimum Gasteiger partial charge on any atom is -0.338 e. The molecule has 3 aromatic rings. The average Bonchev–Trinajstić information content (AvgIpc) is 3.44. The van der Waals surface area contributed by atoms with E-state index in [0.29, 0.717) is 24.8 Å². The van der Waals surface area contributed by atoms with Gasteiger partial charge in [0.1, 0.15) is 0 Å². The Kier molecular flexibility index (Phi) is 3.92. The smallest absolute Gasteiger partial charge is 0.260 e. The van der Waals surface area contributed by atoms with E-state index in [-0.39, 0.29) is 10.9 Å². The average molecular weight is 399 g/mol. The number of fused-ring (bicyclic) bond motifs is 1. The van der Waals surface area contributed by atoms with Crippen LogP contribution in [0.5, 0.6) is 0 Å². The molecule has 2 aromatic heterocycles. The number of sulfonamides is 1. The summed E-state index contributed by atoms with van der Waals surface area (Å²) in [6.07, 6.45) is 4.35. The number of aryl methyl sites for hydroxylation is 1. The largest absolute Gasteiger partial charge is 0.338 e. The number of hydrogen-bond donors (Lipinski definition) is 0. The van der Waals surface area contributed by atoms with Gasteiger partial charge in [-0.2, -0.15) is 14.4 Å². The Morgan fingerprint density at radius 1 is 1.21 bits per heavy atom. The van der Waals surface area contributed by atoms with Crippen LogP contribution in [0.25, 0.3) is 11.4 Å².